The van der Waals surface area contributed by atoms with Gasteiger partial charge in [0.05, 0.1) is 0 Å². The van der Waals surface area contributed by atoms with Crippen LogP contribution < -0.4 is 16.2 Å². The van der Waals surface area contributed by atoms with Crippen molar-refractivity contribution >= 4 is 28.7 Å². The maximum Gasteiger partial charge on any atom is 0.166 e. The lowest BCUT2D eigenvalue weighted by atomic mass is 10.0. The van der Waals surface area contributed by atoms with E-state index in [-0.39, 0.29) is 5.82 Å². The molecule has 0 radical (unpaired) electrons. The van der Waals surface area contributed by atoms with Gasteiger partial charge >= 0.3 is 0 Å². The van der Waals surface area contributed by atoms with E-state index in [1.54, 1.807) is 26.8 Å². The molecule has 0 amide bonds. The molecule has 1 atom stereocenters. The van der Waals surface area contributed by atoms with Gasteiger partial charge in [0.15, 0.2) is 11.6 Å². The second-order valence-electron chi connectivity index (χ2n) is 5.72. The van der Waals surface area contributed by atoms with Gasteiger partial charge in [0.2, 0.25) is 0 Å². The topological polar surface area (TPSA) is 98.0 Å². The molecule has 1 heterocycles. The number of allylic oxidation sites excluding steroid dienone is 2. The molecular weight excluding hydrogens is 343 g/mol. The van der Waals surface area contributed by atoms with E-state index in [0.29, 0.717) is 38.9 Å². The summed E-state index contributed by atoms with van der Waals surface area (Å²) in [5.41, 5.74) is 14.2. The Morgan fingerprint density at radius 3 is 2.60 bits per heavy atom. The fourth-order valence-electron chi connectivity index (χ4n) is 2.51. The Hall–Kier alpha value is -2.60. The van der Waals surface area contributed by atoms with Crippen LogP contribution in [-0.2, 0) is 0 Å². The summed E-state index contributed by atoms with van der Waals surface area (Å²) in [7, 11) is 0. The van der Waals surface area contributed by atoms with Gasteiger partial charge < -0.3 is 21.6 Å². The van der Waals surface area contributed by atoms with Crippen LogP contribution >= 0.6 is 11.6 Å². The monoisotopic (exact) mass is 362 g/mol. The Kier molecular flexibility index (Phi) is 5.64. The first-order valence-corrected chi connectivity index (χ1v) is 7.97. The molecule has 0 aliphatic heterocycles. The Bertz CT molecular complexity index is 847. The molecule has 25 heavy (non-hydrogen) atoms. The largest absolute Gasteiger partial charge is 0.482 e. The highest BCUT2D eigenvalue weighted by atomic mass is 35.5. The van der Waals surface area contributed by atoms with E-state index < -0.39 is 11.9 Å². The number of benzene rings is 1. The summed E-state index contributed by atoms with van der Waals surface area (Å²) in [6, 6.07) is 5.73. The third-order valence-corrected chi connectivity index (χ3v) is 3.98. The first-order chi connectivity index (χ1) is 11.7. The Morgan fingerprint density at radius 2 is 2.00 bits per heavy atom. The van der Waals surface area contributed by atoms with Crippen molar-refractivity contribution in [3.63, 3.8) is 0 Å². The van der Waals surface area contributed by atoms with Crippen molar-refractivity contribution in [2.24, 2.45) is 5.73 Å². The van der Waals surface area contributed by atoms with E-state index in [4.69, 9.17) is 33.2 Å². The van der Waals surface area contributed by atoms with Gasteiger partial charge in [0.25, 0.3) is 0 Å². The summed E-state index contributed by atoms with van der Waals surface area (Å²) in [6.45, 7) is 5.08. The average Bonchev–Trinajstić information content (AvgIpc) is 2.52. The minimum Gasteiger partial charge on any atom is -0.482 e. The number of pyridine rings is 1. The van der Waals surface area contributed by atoms with Crippen molar-refractivity contribution in [1.82, 2.24) is 4.98 Å². The number of ether oxygens (including phenoxy) is 1. The summed E-state index contributed by atoms with van der Waals surface area (Å²) in [6.07, 6.45) is 0.987. The third-order valence-electron chi connectivity index (χ3n) is 3.64. The van der Waals surface area contributed by atoms with Crippen molar-refractivity contribution in [1.29, 1.82) is 5.41 Å². The van der Waals surface area contributed by atoms with E-state index in [2.05, 4.69) is 4.98 Å². The highest BCUT2D eigenvalue weighted by Crippen LogP contribution is 2.32. The maximum atomic E-state index is 13.5. The molecule has 0 fully saturated rings. The standard InChI is InChI=1S/C18H20ClFN4O/c1-9(21)17(10(2)22)12-6-16(18(23)24-8-12)25-11(3)14-7-13(20)4-5-15(14)19/h4-8,11,21H,22H2,1-3H3,(H2,23,24). The molecule has 0 saturated heterocycles. The molecule has 7 heteroatoms. The van der Waals surface area contributed by atoms with E-state index in [0.717, 1.165) is 0 Å². The lowest BCUT2D eigenvalue weighted by Gasteiger charge is -2.18. The second kappa shape index (κ2) is 7.53. The first kappa shape index (κ1) is 18.7. The smallest absolute Gasteiger partial charge is 0.166 e. The number of hydrogen-bond donors (Lipinski definition) is 3. The third kappa shape index (κ3) is 4.28. The highest BCUT2D eigenvalue weighted by molar-refractivity contribution is 6.31. The minimum absolute atomic E-state index is 0.180. The zero-order valence-corrected chi connectivity index (χ0v) is 15.0. The molecule has 1 unspecified atom stereocenters. The normalized spacial score (nSPS) is 13.2. The number of hydrogen-bond acceptors (Lipinski definition) is 5. The molecule has 2 aromatic rings. The number of nitrogens with two attached hydrogens (primary N) is 2. The predicted molar refractivity (Wildman–Crippen MR) is 99.3 cm³/mol. The highest BCUT2D eigenvalue weighted by Gasteiger charge is 2.16. The average molecular weight is 363 g/mol. The van der Waals surface area contributed by atoms with Crippen LogP contribution in [0.5, 0.6) is 5.75 Å². The number of aromatic nitrogens is 1. The van der Waals surface area contributed by atoms with Crippen LogP contribution in [0.1, 0.15) is 38.0 Å². The van der Waals surface area contributed by atoms with Crippen LogP contribution in [0, 0.1) is 11.2 Å². The van der Waals surface area contributed by atoms with Crippen LogP contribution in [0.3, 0.4) is 0 Å². The molecule has 1 aromatic carbocycles. The molecule has 0 saturated carbocycles. The maximum absolute atomic E-state index is 13.5. The molecule has 1 aromatic heterocycles. The number of nitrogen functional groups attached to an aromatic ring is 1. The molecular formula is C18H20ClFN4O. The Morgan fingerprint density at radius 1 is 1.32 bits per heavy atom. The van der Waals surface area contributed by atoms with Gasteiger partial charge in [0, 0.05) is 39.3 Å². The molecule has 0 bridgehead atoms. The fourth-order valence-corrected chi connectivity index (χ4v) is 2.78. The molecule has 0 spiro atoms. The number of nitrogens with zero attached hydrogens (tertiary/aromatic N) is 1. The van der Waals surface area contributed by atoms with E-state index in [1.807, 2.05) is 0 Å². The number of rotatable bonds is 5. The zero-order valence-electron chi connectivity index (χ0n) is 14.2. The number of anilines is 1. The van der Waals surface area contributed by atoms with Crippen molar-refractivity contribution < 1.29 is 9.13 Å². The van der Waals surface area contributed by atoms with Gasteiger partial charge in [-0.25, -0.2) is 9.37 Å². The molecule has 5 N–H and O–H groups in total. The van der Waals surface area contributed by atoms with Gasteiger partial charge in [-0.3, -0.25) is 0 Å². The molecule has 0 aliphatic rings. The first-order valence-electron chi connectivity index (χ1n) is 7.60. The van der Waals surface area contributed by atoms with Crippen LogP contribution in [0.15, 0.2) is 36.2 Å². The van der Waals surface area contributed by atoms with E-state index in [9.17, 15) is 4.39 Å². The summed E-state index contributed by atoms with van der Waals surface area (Å²) in [4.78, 5) is 4.11. The van der Waals surface area contributed by atoms with Crippen molar-refractivity contribution in [3.8, 4) is 5.75 Å². The lowest BCUT2D eigenvalue weighted by Crippen LogP contribution is -2.09. The minimum atomic E-state index is -0.546. The predicted octanol–water partition coefficient (Wildman–Crippen LogP) is 4.33. The molecule has 5 nitrogen and oxygen atoms in total. The Balaban J connectivity index is 2.40. The zero-order chi connectivity index (χ0) is 18.7. The fraction of sp³-hybridized carbons (Fsp3) is 0.222. The van der Waals surface area contributed by atoms with Crippen LogP contribution in [-0.4, -0.2) is 10.7 Å². The van der Waals surface area contributed by atoms with Crippen molar-refractivity contribution in [2.75, 3.05) is 5.73 Å². The van der Waals surface area contributed by atoms with Crippen LogP contribution in [0.2, 0.25) is 5.02 Å². The molecule has 2 rings (SSSR count). The Labute approximate surface area is 151 Å². The SMILES string of the molecule is CC(=N)C(=C(C)N)c1cnc(N)c(OC(C)c2cc(F)ccc2Cl)c1. The second-order valence-corrected chi connectivity index (χ2v) is 6.12. The summed E-state index contributed by atoms with van der Waals surface area (Å²) < 4.78 is 19.3. The van der Waals surface area contributed by atoms with Crippen LogP contribution in [0.4, 0.5) is 10.2 Å². The van der Waals surface area contributed by atoms with Crippen LogP contribution in [0.25, 0.3) is 5.57 Å². The van der Waals surface area contributed by atoms with Gasteiger partial charge in [-0.15, -0.1) is 0 Å². The molecule has 132 valence electrons. The van der Waals surface area contributed by atoms with Crippen molar-refractivity contribution in [2.45, 2.75) is 26.9 Å². The number of nitrogens with one attached hydrogen (secondary N) is 1. The van der Waals surface area contributed by atoms with E-state index in [1.165, 1.54) is 24.4 Å². The van der Waals surface area contributed by atoms with Gasteiger partial charge in [-0.05, 0) is 45.0 Å². The quantitative estimate of drug-likeness (QED) is 0.689. The summed E-state index contributed by atoms with van der Waals surface area (Å²) in [5, 5.41) is 8.27. The van der Waals surface area contributed by atoms with Gasteiger partial charge in [0.1, 0.15) is 11.9 Å². The van der Waals surface area contributed by atoms with E-state index >= 15 is 0 Å². The summed E-state index contributed by atoms with van der Waals surface area (Å²) >= 11 is 6.12. The van der Waals surface area contributed by atoms with Gasteiger partial charge in [-0.2, -0.15) is 0 Å². The van der Waals surface area contributed by atoms with Crippen molar-refractivity contribution in [3.05, 3.63) is 58.1 Å². The molecule has 0 aliphatic carbocycles. The van der Waals surface area contributed by atoms with Gasteiger partial charge in [-0.1, -0.05) is 11.6 Å². The lowest BCUT2D eigenvalue weighted by molar-refractivity contribution is 0.227. The summed E-state index contributed by atoms with van der Waals surface area (Å²) in [5.74, 6) is 0.0863. The number of halogens is 2.